The molecule has 2 aliphatic rings. The number of piperidine rings is 1. The van der Waals surface area contributed by atoms with Crippen molar-refractivity contribution in [1.29, 1.82) is 0 Å². The van der Waals surface area contributed by atoms with Gasteiger partial charge in [-0.3, -0.25) is 9.59 Å². The summed E-state index contributed by atoms with van der Waals surface area (Å²) in [5.74, 6) is 0.171. The van der Waals surface area contributed by atoms with E-state index < -0.39 is 0 Å². The van der Waals surface area contributed by atoms with Gasteiger partial charge in [0.1, 0.15) is 17.6 Å². The van der Waals surface area contributed by atoms with Gasteiger partial charge in [-0.15, -0.1) is 11.3 Å². The zero-order chi connectivity index (χ0) is 13.4. The number of carbonyl (C=O) groups is 2. The molecule has 6 heteroatoms. The van der Waals surface area contributed by atoms with E-state index in [1.54, 1.807) is 21.1 Å². The average Bonchev–Trinajstić information content (AvgIpc) is 2.81. The van der Waals surface area contributed by atoms with Crippen LogP contribution in [0, 0.1) is 6.92 Å². The number of carbonyl (C=O) groups excluding carboxylic acids is 2. The van der Waals surface area contributed by atoms with Gasteiger partial charge in [-0.05, 0) is 26.2 Å². The highest BCUT2D eigenvalue weighted by Gasteiger charge is 2.40. The Bertz CT molecular complexity index is 514. The minimum Gasteiger partial charge on any atom is -0.329 e. The Hall–Kier alpha value is -1.43. The molecule has 0 radical (unpaired) electrons. The maximum atomic E-state index is 12.4. The Kier molecular flexibility index (Phi) is 3.26. The van der Waals surface area contributed by atoms with E-state index in [-0.39, 0.29) is 24.4 Å². The molecule has 2 amide bonds. The van der Waals surface area contributed by atoms with Gasteiger partial charge >= 0.3 is 0 Å². The molecule has 0 aromatic carbocycles. The highest BCUT2D eigenvalue weighted by atomic mass is 32.1. The molecule has 3 rings (SSSR count). The number of nitrogens with zero attached hydrogens (tertiary/aromatic N) is 3. The summed E-state index contributed by atoms with van der Waals surface area (Å²) in [6.45, 7) is 3.40. The summed E-state index contributed by atoms with van der Waals surface area (Å²) in [6.07, 6.45) is 4.66. The van der Waals surface area contributed by atoms with Crippen molar-refractivity contribution in [2.24, 2.45) is 0 Å². The van der Waals surface area contributed by atoms with Crippen LogP contribution in [0.15, 0.2) is 6.20 Å². The van der Waals surface area contributed by atoms with Crippen LogP contribution in [-0.2, 0) is 16.1 Å². The van der Waals surface area contributed by atoms with Gasteiger partial charge in [0.15, 0.2) is 0 Å². The molecule has 0 spiro atoms. The second kappa shape index (κ2) is 4.92. The summed E-state index contributed by atoms with van der Waals surface area (Å²) in [5.41, 5.74) is 0. The first kappa shape index (κ1) is 12.6. The van der Waals surface area contributed by atoms with Crippen LogP contribution in [0.4, 0.5) is 0 Å². The third-order valence-corrected chi connectivity index (χ3v) is 4.64. The number of piperazine rings is 1. The maximum Gasteiger partial charge on any atom is 0.246 e. The van der Waals surface area contributed by atoms with Crippen molar-refractivity contribution in [1.82, 2.24) is 14.8 Å². The van der Waals surface area contributed by atoms with E-state index >= 15 is 0 Å². The van der Waals surface area contributed by atoms with Crippen molar-refractivity contribution >= 4 is 23.2 Å². The quantitative estimate of drug-likeness (QED) is 0.816. The molecule has 0 bridgehead atoms. The Balaban J connectivity index is 1.75. The van der Waals surface area contributed by atoms with E-state index in [4.69, 9.17) is 0 Å². The first-order chi connectivity index (χ1) is 9.15. The summed E-state index contributed by atoms with van der Waals surface area (Å²) in [4.78, 5) is 33.3. The molecule has 0 aliphatic carbocycles. The zero-order valence-electron chi connectivity index (χ0n) is 11.0. The number of thiazole rings is 1. The molecule has 3 heterocycles. The summed E-state index contributed by atoms with van der Waals surface area (Å²) < 4.78 is 0. The van der Waals surface area contributed by atoms with Gasteiger partial charge in [0, 0.05) is 17.6 Å². The fourth-order valence-electron chi connectivity index (χ4n) is 2.80. The maximum absolute atomic E-state index is 12.4. The molecule has 2 fully saturated rings. The second-order valence-electron chi connectivity index (χ2n) is 5.16. The van der Waals surface area contributed by atoms with Gasteiger partial charge in [0.25, 0.3) is 0 Å². The van der Waals surface area contributed by atoms with Gasteiger partial charge in [0.2, 0.25) is 11.8 Å². The molecule has 1 atom stereocenters. The van der Waals surface area contributed by atoms with Crippen LogP contribution in [0.2, 0.25) is 0 Å². The van der Waals surface area contributed by atoms with Crippen molar-refractivity contribution in [3.8, 4) is 0 Å². The van der Waals surface area contributed by atoms with Crippen molar-refractivity contribution in [2.45, 2.75) is 38.8 Å². The fourth-order valence-corrected chi connectivity index (χ4v) is 3.60. The summed E-state index contributed by atoms with van der Waals surface area (Å²) in [6, 6.07) is -0.226. The minimum atomic E-state index is -0.226. The number of hydrogen-bond acceptors (Lipinski definition) is 4. The SMILES string of the molecule is Cc1cnc(CN2CC(=O)N3CCCCC3C2=O)s1. The highest BCUT2D eigenvalue weighted by molar-refractivity contribution is 7.11. The normalized spacial score (nSPS) is 23.7. The molecule has 0 saturated carbocycles. The monoisotopic (exact) mass is 279 g/mol. The lowest BCUT2D eigenvalue weighted by atomic mass is 9.98. The summed E-state index contributed by atoms with van der Waals surface area (Å²) in [7, 11) is 0. The van der Waals surface area contributed by atoms with Crippen molar-refractivity contribution in [3.63, 3.8) is 0 Å². The zero-order valence-corrected chi connectivity index (χ0v) is 11.8. The van der Waals surface area contributed by atoms with Crippen molar-refractivity contribution in [3.05, 3.63) is 16.1 Å². The molecule has 1 aromatic rings. The molecular weight excluding hydrogens is 262 g/mol. The number of aromatic nitrogens is 1. The number of fused-ring (bicyclic) bond motifs is 1. The van der Waals surface area contributed by atoms with E-state index in [2.05, 4.69) is 4.98 Å². The van der Waals surface area contributed by atoms with Crippen LogP contribution in [0.1, 0.15) is 29.1 Å². The molecule has 2 aliphatic heterocycles. The lowest BCUT2D eigenvalue weighted by Crippen LogP contribution is -2.60. The van der Waals surface area contributed by atoms with Gasteiger partial charge < -0.3 is 9.80 Å². The number of rotatable bonds is 2. The third kappa shape index (κ3) is 2.36. The Morgan fingerprint density at radius 1 is 1.42 bits per heavy atom. The van der Waals surface area contributed by atoms with Gasteiger partial charge in [0.05, 0.1) is 6.54 Å². The molecule has 102 valence electrons. The molecule has 0 N–H and O–H groups in total. The van der Waals surface area contributed by atoms with Crippen LogP contribution >= 0.6 is 11.3 Å². The first-order valence-corrected chi connectivity index (χ1v) is 7.46. The van der Waals surface area contributed by atoms with Gasteiger partial charge in [-0.25, -0.2) is 4.98 Å². The number of aryl methyl sites for hydroxylation is 1. The van der Waals surface area contributed by atoms with Gasteiger partial charge in [-0.1, -0.05) is 0 Å². The Morgan fingerprint density at radius 2 is 2.26 bits per heavy atom. The molecule has 1 unspecified atom stereocenters. The van der Waals surface area contributed by atoms with Crippen LogP contribution < -0.4 is 0 Å². The summed E-state index contributed by atoms with van der Waals surface area (Å²) in [5, 5.41) is 0.905. The third-order valence-electron chi connectivity index (χ3n) is 3.74. The van der Waals surface area contributed by atoms with Crippen LogP contribution in [0.3, 0.4) is 0 Å². The van der Waals surface area contributed by atoms with E-state index in [9.17, 15) is 9.59 Å². The van der Waals surface area contributed by atoms with E-state index in [1.807, 2.05) is 13.1 Å². The second-order valence-corrected chi connectivity index (χ2v) is 6.48. The standard InChI is InChI=1S/C13H17N3O2S/c1-9-6-14-11(19-9)7-15-8-12(17)16-5-3-2-4-10(16)13(15)18/h6,10H,2-5,7-8H2,1H3. The number of hydrogen-bond donors (Lipinski definition) is 0. The van der Waals surface area contributed by atoms with Crippen LogP contribution in [0.5, 0.6) is 0 Å². The van der Waals surface area contributed by atoms with Crippen molar-refractivity contribution in [2.75, 3.05) is 13.1 Å². The van der Waals surface area contributed by atoms with Crippen molar-refractivity contribution < 1.29 is 9.59 Å². The molecular formula is C13H17N3O2S. The predicted octanol–water partition coefficient (Wildman–Crippen LogP) is 1.17. The molecule has 2 saturated heterocycles. The van der Waals surface area contributed by atoms with E-state index in [0.717, 1.165) is 35.7 Å². The van der Waals surface area contributed by atoms with Crippen LogP contribution in [0.25, 0.3) is 0 Å². The predicted molar refractivity (Wildman–Crippen MR) is 71.6 cm³/mol. The fraction of sp³-hybridized carbons (Fsp3) is 0.615. The smallest absolute Gasteiger partial charge is 0.246 e. The van der Waals surface area contributed by atoms with Crippen LogP contribution in [-0.4, -0.2) is 45.7 Å². The van der Waals surface area contributed by atoms with Gasteiger partial charge in [-0.2, -0.15) is 0 Å². The number of amides is 2. The topological polar surface area (TPSA) is 53.5 Å². The summed E-state index contributed by atoms with van der Waals surface area (Å²) >= 11 is 1.58. The van der Waals surface area contributed by atoms with E-state index in [0.29, 0.717) is 6.54 Å². The highest BCUT2D eigenvalue weighted by Crippen LogP contribution is 2.24. The first-order valence-electron chi connectivity index (χ1n) is 6.65. The molecule has 5 nitrogen and oxygen atoms in total. The average molecular weight is 279 g/mol. The Morgan fingerprint density at radius 3 is 3.00 bits per heavy atom. The van der Waals surface area contributed by atoms with E-state index in [1.165, 1.54) is 0 Å². The largest absolute Gasteiger partial charge is 0.329 e. The Labute approximate surface area is 116 Å². The lowest BCUT2D eigenvalue weighted by Gasteiger charge is -2.42. The molecule has 1 aromatic heterocycles. The minimum absolute atomic E-state index is 0.0811. The lowest BCUT2D eigenvalue weighted by molar-refractivity contribution is -0.158. The molecule has 19 heavy (non-hydrogen) atoms.